The zero-order valence-corrected chi connectivity index (χ0v) is 19.1. The van der Waals surface area contributed by atoms with Crippen molar-refractivity contribution in [1.82, 2.24) is 9.80 Å². The molecule has 0 unspecified atom stereocenters. The molecule has 6 heteroatoms. The number of hydrogen-bond acceptors (Lipinski definition) is 4. The van der Waals surface area contributed by atoms with Crippen LogP contribution in [0.15, 0.2) is 71.3 Å². The van der Waals surface area contributed by atoms with Gasteiger partial charge in [-0.1, -0.05) is 29.8 Å². The molecule has 0 spiro atoms. The van der Waals surface area contributed by atoms with Gasteiger partial charge in [0.05, 0.1) is 19.9 Å². The molecule has 0 atom stereocenters. The quantitative estimate of drug-likeness (QED) is 0.465. The first-order chi connectivity index (χ1) is 15.6. The Labute approximate surface area is 194 Å². The number of rotatable bonds is 8. The van der Waals surface area contributed by atoms with Crippen molar-refractivity contribution in [2.45, 2.75) is 31.8 Å². The number of carbonyl (C=O) groups is 1. The molecule has 0 N–H and O–H groups in total. The first-order valence-corrected chi connectivity index (χ1v) is 11.4. The number of likely N-dealkylation sites (tertiary alicyclic amines) is 1. The smallest absolute Gasteiger partial charge is 0.254 e. The van der Waals surface area contributed by atoms with Crippen LogP contribution in [-0.4, -0.2) is 48.5 Å². The van der Waals surface area contributed by atoms with Crippen LogP contribution in [0.3, 0.4) is 0 Å². The second kappa shape index (κ2) is 10.7. The summed E-state index contributed by atoms with van der Waals surface area (Å²) in [6, 6.07) is 19.4. The average molecular weight is 453 g/mol. The number of ether oxygens (including phenoxy) is 1. The fraction of sp³-hybridized carbons (Fsp3) is 0.346. The highest BCUT2D eigenvalue weighted by Crippen LogP contribution is 2.24. The summed E-state index contributed by atoms with van der Waals surface area (Å²) in [6.45, 7) is 3.42. The van der Waals surface area contributed by atoms with E-state index in [4.69, 9.17) is 20.8 Å². The summed E-state index contributed by atoms with van der Waals surface area (Å²) >= 11 is 5.99. The van der Waals surface area contributed by atoms with Gasteiger partial charge in [-0.05, 0) is 67.3 Å². The number of amides is 1. The minimum absolute atomic E-state index is 0.0138. The minimum Gasteiger partial charge on any atom is -0.497 e. The monoisotopic (exact) mass is 452 g/mol. The lowest BCUT2D eigenvalue weighted by molar-refractivity contribution is 0.0531. The van der Waals surface area contributed by atoms with E-state index in [1.165, 1.54) is 5.56 Å². The Bertz CT molecular complexity index is 996. The number of halogens is 1. The number of nitrogens with zero attached hydrogens (tertiary/aromatic N) is 2. The van der Waals surface area contributed by atoms with Gasteiger partial charge in [0, 0.05) is 36.3 Å². The molecule has 1 aliphatic rings. The minimum atomic E-state index is 0.0138. The first-order valence-electron chi connectivity index (χ1n) is 11.1. The van der Waals surface area contributed by atoms with Gasteiger partial charge >= 0.3 is 0 Å². The van der Waals surface area contributed by atoms with Crippen LogP contribution in [0.2, 0.25) is 5.02 Å². The van der Waals surface area contributed by atoms with E-state index in [2.05, 4.69) is 17.0 Å². The Morgan fingerprint density at radius 1 is 1.12 bits per heavy atom. The van der Waals surface area contributed by atoms with E-state index in [1.807, 2.05) is 47.4 Å². The van der Waals surface area contributed by atoms with Crippen molar-refractivity contribution in [2.75, 3.05) is 26.7 Å². The average Bonchev–Trinajstić information content (AvgIpc) is 3.36. The van der Waals surface area contributed by atoms with Crippen molar-refractivity contribution in [2.24, 2.45) is 0 Å². The van der Waals surface area contributed by atoms with Crippen LogP contribution in [0.1, 0.15) is 34.5 Å². The Hall–Kier alpha value is -2.76. The molecule has 4 rings (SSSR count). The summed E-state index contributed by atoms with van der Waals surface area (Å²) in [7, 11) is 1.62. The highest BCUT2D eigenvalue weighted by Gasteiger charge is 2.29. The zero-order chi connectivity index (χ0) is 22.3. The van der Waals surface area contributed by atoms with Crippen LogP contribution < -0.4 is 4.74 Å². The molecule has 1 fully saturated rings. The lowest BCUT2D eigenvalue weighted by atomic mass is 10.0. The first kappa shape index (κ1) is 22.4. The van der Waals surface area contributed by atoms with E-state index in [0.717, 1.165) is 49.7 Å². The number of piperidine rings is 1. The predicted molar refractivity (Wildman–Crippen MR) is 126 cm³/mol. The molecular weight excluding hydrogens is 424 g/mol. The van der Waals surface area contributed by atoms with Gasteiger partial charge in [-0.25, -0.2) is 0 Å². The van der Waals surface area contributed by atoms with Crippen LogP contribution in [-0.2, 0) is 13.0 Å². The molecular formula is C26H29ClN2O3. The van der Waals surface area contributed by atoms with Crippen LogP contribution in [0.25, 0.3) is 0 Å². The number of methoxy groups -OCH3 is 1. The molecule has 168 valence electrons. The number of furan rings is 1. The van der Waals surface area contributed by atoms with E-state index < -0.39 is 0 Å². The van der Waals surface area contributed by atoms with Gasteiger partial charge in [-0.3, -0.25) is 4.79 Å². The molecule has 1 saturated heterocycles. The summed E-state index contributed by atoms with van der Waals surface area (Å²) in [5.74, 6) is 1.50. The van der Waals surface area contributed by atoms with Crippen molar-refractivity contribution < 1.29 is 13.9 Å². The highest BCUT2D eigenvalue weighted by molar-refractivity contribution is 6.30. The third-order valence-corrected chi connectivity index (χ3v) is 6.36. The topological polar surface area (TPSA) is 45.9 Å². The summed E-state index contributed by atoms with van der Waals surface area (Å²) < 4.78 is 10.9. The third kappa shape index (κ3) is 5.72. The SMILES string of the molecule is COc1cccc(C(=O)N(Cc2ccco2)C2CCN(CCc3ccc(Cl)cc3)CC2)c1. The molecule has 2 aromatic carbocycles. The molecule has 5 nitrogen and oxygen atoms in total. The van der Waals surface area contributed by atoms with Crippen molar-refractivity contribution in [3.8, 4) is 5.75 Å². The van der Waals surface area contributed by atoms with Gasteiger partial charge in [0.2, 0.25) is 0 Å². The maximum absolute atomic E-state index is 13.5. The van der Waals surface area contributed by atoms with Gasteiger partial charge in [-0.15, -0.1) is 0 Å². The second-order valence-corrected chi connectivity index (χ2v) is 8.63. The molecule has 1 aliphatic heterocycles. The fourth-order valence-electron chi connectivity index (χ4n) is 4.25. The van der Waals surface area contributed by atoms with Crippen LogP contribution in [0.4, 0.5) is 0 Å². The van der Waals surface area contributed by atoms with E-state index in [1.54, 1.807) is 19.4 Å². The van der Waals surface area contributed by atoms with E-state index in [-0.39, 0.29) is 11.9 Å². The molecule has 3 aromatic rings. The summed E-state index contributed by atoms with van der Waals surface area (Å²) in [6.07, 6.45) is 4.54. The van der Waals surface area contributed by atoms with Crippen LogP contribution in [0.5, 0.6) is 5.75 Å². The van der Waals surface area contributed by atoms with Crippen LogP contribution in [0, 0.1) is 0 Å². The summed E-state index contributed by atoms with van der Waals surface area (Å²) in [5.41, 5.74) is 1.94. The molecule has 0 aliphatic carbocycles. The number of benzene rings is 2. The maximum Gasteiger partial charge on any atom is 0.254 e. The lowest BCUT2D eigenvalue weighted by Gasteiger charge is -2.38. The van der Waals surface area contributed by atoms with Crippen molar-refractivity contribution in [1.29, 1.82) is 0 Å². The summed E-state index contributed by atoms with van der Waals surface area (Å²) in [4.78, 5) is 17.9. The maximum atomic E-state index is 13.5. The van der Waals surface area contributed by atoms with Crippen LogP contribution >= 0.6 is 11.6 Å². The van der Waals surface area contributed by atoms with Gasteiger partial charge < -0.3 is 19.0 Å². The van der Waals surface area contributed by atoms with Crippen molar-refractivity contribution >= 4 is 17.5 Å². The highest BCUT2D eigenvalue weighted by atomic mass is 35.5. The normalized spacial score (nSPS) is 14.9. The standard InChI is InChI=1S/C26H29ClN2O3/c1-31-24-5-2-4-21(18-24)26(30)29(19-25-6-3-17-32-25)23-12-15-28(16-13-23)14-11-20-7-9-22(27)10-8-20/h2-10,17-18,23H,11-16,19H2,1H3. The third-order valence-electron chi connectivity index (χ3n) is 6.11. The Balaban J connectivity index is 1.40. The van der Waals surface area contributed by atoms with E-state index >= 15 is 0 Å². The molecule has 0 radical (unpaired) electrons. The molecule has 0 saturated carbocycles. The van der Waals surface area contributed by atoms with Gasteiger partial charge in [0.15, 0.2) is 0 Å². The van der Waals surface area contributed by atoms with Gasteiger partial charge in [0.1, 0.15) is 11.5 Å². The van der Waals surface area contributed by atoms with E-state index in [9.17, 15) is 4.79 Å². The second-order valence-electron chi connectivity index (χ2n) is 8.19. The molecule has 0 bridgehead atoms. The number of hydrogen-bond donors (Lipinski definition) is 0. The molecule has 1 amide bonds. The lowest BCUT2D eigenvalue weighted by Crippen LogP contribution is -2.47. The molecule has 2 heterocycles. The van der Waals surface area contributed by atoms with Gasteiger partial charge in [0.25, 0.3) is 5.91 Å². The molecule has 32 heavy (non-hydrogen) atoms. The fourth-order valence-corrected chi connectivity index (χ4v) is 4.38. The number of carbonyl (C=O) groups excluding carboxylic acids is 1. The predicted octanol–water partition coefficient (Wildman–Crippen LogP) is 5.29. The largest absolute Gasteiger partial charge is 0.497 e. The van der Waals surface area contributed by atoms with Crippen molar-refractivity contribution in [3.63, 3.8) is 0 Å². The molecule has 1 aromatic heterocycles. The zero-order valence-electron chi connectivity index (χ0n) is 18.4. The van der Waals surface area contributed by atoms with Gasteiger partial charge in [-0.2, -0.15) is 0 Å². The Kier molecular flexibility index (Phi) is 7.51. The summed E-state index contributed by atoms with van der Waals surface area (Å²) in [5, 5.41) is 0.770. The Morgan fingerprint density at radius 3 is 2.59 bits per heavy atom. The Morgan fingerprint density at radius 2 is 1.91 bits per heavy atom. The van der Waals surface area contributed by atoms with E-state index in [0.29, 0.717) is 17.9 Å². The van der Waals surface area contributed by atoms with Crippen molar-refractivity contribution in [3.05, 3.63) is 88.8 Å².